The first-order chi connectivity index (χ1) is 15.6. The molecular weight excluding hydrogens is 600 g/mol. The van der Waals surface area contributed by atoms with Gasteiger partial charge in [0.05, 0.1) is 15.3 Å². The van der Waals surface area contributed by atoms with Crippen LogP contribution in [0.1, 0.15) is 55.8 Å². The van der Waals surface area contributed by atoms with Crippen molar-refractivity contribution in [3.05, 3.63) is 67.2 Å². The van der Waals surface area contributed by atoms with E-state index in [4.69, 9.17) is 4.42 Å². The monoisotopic (exact) mass is 623 g/mol. The molecule has 0 spiro atoms. The second-order valence-corrected chi connectivity index (χ2v) is 10.7. The van der Waals surface area contributed by atoms with E-state index in [1.165, 1.54) is 6.21 Å². The number of fused-ring (bicyclic) bond motifs is 2. The number of amides is 1. The Kier molecular flexibility index (Phi) is 6.68. The Morgan fingerprint density at radius 1 is 1.30 bits per heavy atom. The molecule has 0 radical (unpaired) electrons. The van der Waals surface area contributed by atoms with E-state index in [1.54, 1.807) is 18.2 Å². The number of nitrogens with zero attached hydrogens (tertiary/aromatic N) is 2. The number of rotatable bonds is 5. The largest absolute Gasteiger partial charge is 0.450 e. The number of allylic oxidation sites excluding steroid dienone is 1. The van der Waals surface area contributed by atoms with Crippen molar-refractivity contribution in [2.75, 3.05) is 11.4 Å². The van der Waals surface area contributed by atoms with Gasteiger partial charge in [-0.25, -0.2) is 9.82 Å². The maximum atomic E-state index is 15.0. The summed E-state index contributed by atoms with van der Waals surface area (Å²) in [6.07, 6.45) is 4.49. The van der Waals surface area contributed by atoms with Crippen LogP contribution in [0.2, 0.25) is 0 Å². The van der Waals surface area contributed by atoms with E-state index >= 15 is 0 Å². The van der Waals surface area contributed by atoms with Gasteiger partial charge in [-0.3, -0.25) is 4.79 Å². The molecule has 0 bridgehead atoms. The smallest absolute Gasteiger partial charge is 0.307 e. The van der Waals surface area contributed by atoms with Gasteiger partial charge in [-0.2, -0.15) is 5.10 Å². The van der Waals surface area contributed by atoms with Gasteiger partial charge in [0.2, 0.25) is 0 Å². The third kappa shape index (κ3) is 4.73. The van der Waals surface area contributed by atoms with Crippen molar-refractivity contribution in [3.8, 4) is 0 Å². The number of furan rings is 1. The predicted molar refractivity (Wildman–Crippen MR) is 143 cm³/mol. The summed E-state index contributed by atoms with van der Waals surface area (Å²) in [6, 6.07) is 8.79. The molecule has 3 aromatic rings. The van der Waals surface area contributed by atoms with Crippen LogP contribution in [0.5, 0.6) is 0 Å². The van der Waals surface area contributed by atoms with E-state index in [1.807, 2.05) is 19.1 Å². The average Bonchev–Trinajstić information content (AvgIpc) is 3.16. The Bertz CT molecular complexity index is 1310. The predicted octanol–water partition coefficient (Wildman–Crippen LogP) is 7.11. The molecule has 0 saturated heterocycles. The van der Waals surface area contributed by atoms with Crippen LogP contribution in [0.3, 0.4) is 0 Å². The fourth-order valence-corrected chi connectivity index (χ4v) is 5.91. The highest BCUT2D eigenvalue weighted by atomic mass is 127. The zero-order valence-electron chi connectivity index (χ0n) is 18.8. The van der Waals surface area contributed by atoms with Crippen molar-refractivity contribution in [1.82, 2.24) is 5.43 Å². The summed E-state index contributed by atoms with van der Waals surface area (Å²) in [7, 11) is 0. The number of anilines is 1. The Morgan fingerprint density at radius 2 is 2.06 bits per heavy atom. The molecule has 2 aromatic carbocycles. The second kappa shape index (κ2) is 9.21. The number of halogens is 3. The quantitative estimate of drug-likeness (QED) is 0.187. The van der Waals surface area contributed by atoms with E-state index in [2.05, 4.69) is 80.8 Å². The van der Waals surface area contributed by atoms with Crippen molar-refractivity contribution < 1.29 is 13.6 Å². The maximum absolute atomic E-state index is 15.0. The van der Waals surface area contributed by atoms with Crippen LogP contribution in [0.15, 0.2) is 50.4 Å². The Balaban J connectivity index is 1.57. The average molecular weight is 624 g/mol. The fourth-order valence-electron chi connectivity index (χ4n) is 4.25. The molecule has 33 heavy (non-hydrogen) atoms. The summed E-state index contributed by atoms with van der Waals surface area (Å²) >= 11 is 5.59. The van der Waals surface area contributed by atoms with Gasteiger partial charge in [0.25, 0.3) is 0 Å². The fraction of sp³-hybridized carbons (Fsp3) is 0.280. The van der Waals surface area contributed by atoms with Gasteiger partial charge in [-0.05, 0) is 85.7 Å². The highest BCUT2D eigenvalue weighted by Gasteiger charge is 2.31. The van der Waals surface area contributed by atoms with Crippen LogP contribution >= 0.6 is 38.5 Å². The van der Waals surface area contributed by atoms with Crippen LogP contribution in [0.4, 0.5) is 10.1 Å². The van der Waals surface area contributed by atoms with Gasteiger partial charge in [0.15, 0.2) is 5.76 Å². The molecule has 0 saturated carbocycles. The van der Waals surface area contributed by atoms with Crippen LogP contribution in [-0.4, -0.2) is 24.2 Å². The lowest BCUT2D eigenvalue weighted by atomic mass is 9.88. The molecule has 1 aromatic heterocycles. The molecule has 1 amide bonds. The summed E-state index contributed by atoms with van der Waals surface area (Å²) < 4.78 is 22.4. The maximum Gasteiger partial charge on any atom is 0.307 e. The minimum Gasteiger partial charge on any atom is -0.450 e. The van der Waals surface area contributed by atoms with Gasteiger partial charge in [-0.1, -0.05) is 28.9 Å². The Hall–Kier alpha value is -2.20. The lowest BCUT2D eigenvalue weighted by Gasteiger charge is -2.43. The number of hydrazone groups is 1. The molecule has 4 rings (SSSR count). The van der Waals surface area contributed by atoms with Crippen LogP contribution in [0, 0.1) is 9.39 Å². The van der Waals surface area contributed by atoms with E-state index < -0.39 is 5.91 Å². The molecule has 5 nitrogen and oxygen atoms in total. The van der Waals surface area contributed by atoms with Gasteiger partial charge in [-0.15, -0.1) is 0 Å². The third-order valence-electron chi connectivity index (χ3n) is 5.67. The van der Waals surface area contributed by atoms with Crippen molar-refractivity contribution >= 4 is 72.9 Å². The zero-order chi connectivity index (χ0) is 23.9. The van der Waals surface area contributed by atoms with Crippen LogP contribution in [-0.2, 0) is 0 Å². The van der Waals surface area contributed by atoms with E-state index in [0.29, 0.717) is 11.1 Å². The first kappa shape index (κ1) is 23.9. The number of benzene rings is 2. The highest BCUT2D eigenvalue weighted by Crippen LogP contribution is 2.40. The summed E-state index contributed by atoms with van der Waals surface area (Å²) in [5.41, 5.74) is 6.12. The molecule has 0 atom stereocenters. The topological polar surface area (TPSA) is 57.8 Å². The molecule has 0 fully saturated rings. The van der Waals surface area contributed by atoms with Crippen LogP contribution in [0.25, 0.3) is 16.5 Å². The summed E-state index contributed by atoms with van der Waals surface area (Å²) in [4.78, 5) is 14.7. The van der Waals surface area contributed by atoms with E-state index in [-0.39, 0.29) is 17.1 Å². The molecule has 1 aliphatic heterocycles. The van der Waals surface area contributed by atoms with Gasteiger partial charge < -0.3 is 9.32 Å². The first-order valence-electron chi connectivity index (χ1n) is 10.6. The molecule has 172 valence electrons. The lowest BCUT2D eigenvalue weighted by molar-refractivity contribution is 0.0929. The van der Waals surface area contributed by atoms with Crippen molar-refractivity contribution in [2.24, 2.45) is 5.10 Å². The number of nitrogens with one attached hydrogen (secondary N) is 1. The number of carbonyl (C=O) groups excluding carboxylic acids is 1. The van der Waals surface area contributed by atoms with Gasteiger partial charge in [0, 0.05) is 33.2 Å². The number of hydrogen-bond acceptors (Lipinski definition) is 4. The Labute approximate surface area is 214 Å². The molecule has 1 N–H and O–H groups in total. The second-order valence-electron chi connectivity index (χ2n) is 8.64. The van der Waals surface area contributed by atoms with Crippen molar-refractivity contribution in [1.29, 1.82) is 0 Å². The van der Waals surface area contributed by atoms with Gasteiger partial charge in [0.1, 0.15) is 11.4 Å². The summed E-state index contributed by atoms with van der Waals surface area (Å²) in [6.45, 7) is 9.25. The number of hydrogen-bond donors (Lipinski definition) is 1. The van der Waals surface area contributed by atoms with Crippen LogP contribution < -0.4 is 10.3 Å². The lowest BCUT2D eigenvalue weighted by Crippen LogP contribution is -2.45. The molecule has 8 heteroatoms. The highest BCUT2D eigenvalue weighted by molar-refractivity contribution is 14.1. The third-order valence-corrected chi connectivity index (χ3v) is 6.93. The molecule has 0 unspecified atom stereocenters. The number of carbonyl (C=O) groups is 1. The molecular formula is C25H24BrFIN3O2. The SMILES string of the molecule is CCCN1c2cc(F)c(/C=N\NC(=O)c3cc4cc(Br)cc(I)c4o3)cc2C(C)=CC1(C)C. The summed E-state index contributed by atoms with van der Waals surface area (Å²) in [5.74, 6) is -0.749. The molecule has 2 heterocycles. The Morgan fingerprint density at radius 3 is 2.79 bits per heavy atom. The molecule has 0 aliphatic carbocycles. The van der Waals surface area contributed by atoms with E-state index in [0.717, 1.165) is 43.2 Å². The first-order valence-corrected chi connectivity index (χ1v) is 12.5. The normalized spacial score (nSPS) is 15.1. The standard InChI is InChI=1S/C25H24BrFIN3O2/c1-5-6-31-21-11-19(27)16(8-18(21)14(2)12-25(31,3)4)13-29-30-24(32)22-9-15-7-17(26)10-20(28)23(15)33-22/h7-13H,5-6H2,1-4H3,(H,30,32)/b29-13-. The minimum atomic E-state index is -0.500. The molecule has 1 aliphatic rings. The minimum absolute atomic E-state index is 0.139. The van der Waals surface area contributed by atoms with Crippen molar-refractivity contribution in [2.45, 2.75) is 39.7 Å². The summed E-state index contributed by atoms with van der Waals surface area (Å²) in [5, 5.41) is 4.79. The zero-order valence-corrected chi connectivity index (χ0v) is 22.5. The van der Waals surface area contributed by atoms with Gasteiger partial charge >= 0.3 is 5.91 Å². The van der Waals surface area contributed by atoms with Crippen molar-refractivity contribution in [3.63, 3.8) is 0 Å². The van der Waals surface area contributed by atoms with E-state index in [9.17, 15) is 9.18 Å².